The van der Waals surface area contributed by atoms with E-state index in [0.29, 0.717) is 23.7 Å². The first-order chi connectivity index (χ1) is 7.69. The van der Waals surface area contributed by atoms with E-state index in [0.717, 1.165) is 0 Å². The molecule has 1 aromatic rings. The molecular formula is C11H15ClFNO2. The second kappa shape index (κ2) is 6.81. The second-order valence-electron chi connectivity index (χ2n) is 3.23. The average molecular weight is 248 g/mol. The number of rotatable bonds is 6. The van der Waals surface area contributed by atoms with Crippen molar-refractivity contribution in [2.45, 2.75) is 12.8 Å². The van der Waals surface area contributed by atoms with Crippen LogP contribution in [0.1, 0.15) is 5.56 Å². The molecule has 0 aliphatic heterocycles. The van der Waals surface area contributed by atoms with Crippen LogP contribution in [0.4, 0.5) is 4.39 Å². The van der Waals surface area contributed by atoms with Gasteiger partial charge in [0, 0.05) is 37.9 Å². The monoisotopic (exact) mass is 247 g/mol. The molecule has 0 fully saturated rings. The zero-order valence-corrected chi connectivity index (χ0v) is 10.1. The zero-order chi connectivity index (χ0) is 12.0. The Morgan fingerprint density at radius 1 is 1.38 bits per heavy atom. The van der Waals surface area contributed by atoms with Gasteiger partial charge >= 0.3 is 0 Å². The summed E-state index contributed by atoms with van der Waals surface area (Å²) in [5.41, 5.74) is 0.454. The van der Waals surface area contributed by atoms with Crippen LogP contribution in [0, 0.1) is 5.82 Å². The lowest BCUT2D eigenvalue weighted by molar-refractivity contribution is -0.0989. The highest BCUT2D eigenvalue weighted by atomic mass is 35.5. The van der Waals surface area contributed by atoms with Crippen LogP contribution in [-0.2, 0) is 16.0 Å². The minimum Gasteiger partial charge on any atom is -0.355 e. The van der Waals surface area contributed by atoms with Gasteiger partial charge in [-0.25, -0.2) is 4.39 Å². The molecule has 0 spiro atoms. The number of benzene rings is 1. The van der Waals surface area contributed by atoms with Crippen molar-refractivity contribution in [2.24, 2.45) is 0 Å². The Balaban J connectivity index is 2.48. The Labute approximate surface area is 99.5 Å². The van der Waals surface area contributed by atoms with Crippen molar-refractivity contribution in [2.75, 3.05) is 20.8 Å². The Morgan fingerprint density at radius 2 is 2.06 bits per heavy atom. The van der Waals surface area contributed by atoms with Crippen molar-refractivity contribution in [1.29, 1.82) is 0 Å². The van der Waals surface area contributed by atoms with Crippen molar-refractivity contribution >= 4 is 11.6 Å². The number of hydrogen-bond acceptors (Lipinski definition) is 3. The Morgan fingerprint density at radius 3 is 2.62 bits per heavy atom. The summed E-state index contributed by atoms with van der Waals surface area (Å²) in [7, 11) is 3.10. The lowest BCUT2D eigenvalue weighted by Gasteiger charge is -2.14. The van der Waals surface area contributed by atoms with Crippen LogP contribution in [-0.4, -0.2) is 27.1 Å². The van der Waals surface area contributed by atoms with Gasteiger partial charge in [-0.3, -0.25) is 0 Å². The highest BCUT2D eigenvalue weighted by molar-refractivity contribution is 6.31. The maximum Gasteiger partial charge on any atom is 0.169 e. The first-order valence-corrected chi connectivity index (χ1v) is 5.26. The van der Waals surface area contributed by atoms with Crippen LogP contribution >= 0.6 is 11.6 Å². The molecular weight excluding hydrogens is 233 g/mol. The zero-order valence-electron chi connectivity index (χ0n) is 9.30. The van der Waals surface area contributed by atoms with Crippen LogP contribution in [0.3, 0.4) is 0 Å². The van der Waals surface area contributed by atoms with Gasteiger partial charge in [-0.05, 0) is 12.1 Å². The molecule has 3 nitrogen and oxygen atoms in total. The summed E-state index contributed by atoms with van der Waals surface area (Å²) >= 11 is 5.87. The van der Waals surface area contributed by atoms with Gasteiger partial charge in [0.25, 0.3) is 0 Å². The fourth-order valence-corrected chi connectivity index (χ4v) is 1.51. The van der Waals surface area contributed by atoms with Gasteiger partial charge in [-0.15, -0.1) is 0 Å². The van der Waals surface area contributed by atoms with E-state index in [9.17, 15) is 4.39 Å². The van der Waals surface area contributed by atoms with Gasteiger partial charge in [0.05, 0.1) is 0 Å². The predicted octanol–water partition coefficient (Wildman–Crippen LogP) is 2.19. The van der Waals surface area contributed by atoms with Crippen molar-refractivity contribution in [3.63, 3.8) is 0 Å². The number of nitrogens with one attached hydrogen (secondary N) is 1. The average Bonchev–Trinajstić information content (AvgIpc) is 2.28. The molecule has 0 bridgehead atoms. The van der Waals surface area contributed by atoms with E-state index < -0.39 is 0 Å². The van der Waals surface area contributed by atoms with Crippen molar-refractivity contribution in [1.82, 2.24) is 5.32 Å². The van der Waals surface area contributed by atoms with Crippen molar-refractivity contribution in [3.05, 3.63) is 34.6 Å². The van der Waals surface area contributed by atoms with Crippen LogP contribution < -0.4 is 5.32 Å². The molecule has 1 rings (SSSR count). The highest BCUT2D eigenvalue weighted by Crippen LogP contribution is 2.18. The normalized spacial score (nSPS) is 11.1. The number of ether oxygens (including phenoxy) is 2. The van der Waals surface area contributed by atoms with E-state index in [2.05, 4.69) is 5.32 Å². The van der Waals surface area contributed by atoms with Gasteiger partial charge < -0.3 is 14.8 Å². The molecule has 0 atom stereocenters. The molecule has 16 heavy (non-hydrogen) atoms. The molecule has 0 radical (unpaired) electrons. The molecule has 0 saturated carbocycles. The number of halogens is 2. The SMILES string of the molecule is COC(CNCc1c(F)cccc1Cl)OC. The molecule has 0 aliphatic rings. The van der Waals surface area contributed by atoms with Gasteiger partial charge in [-0.1, -0.05) is 17.7 Å². The van der Waals surface area contributed by atoms with Crippen LogP contribution in [0.5, 0.6) is 0 Å². The molecule has 0 saturated heterocycles. The molecule has 1 aromatic carbocycles. The van der Waals surface area contributed by atoms with E-state index >= 15 is 0 Å². The second-order valence-corrected chi connectivity index (χ2v) is 3.64. The van der Waals surface area contributed by atoms with Crippen molar-refractivity contribution in [3.8, 4) is 0 Å². The number of hydrogen-bond donors (Lipinski definition) is 1. The quantitative estimate of drug-likeness (QED) is 0.782. The Bertz CT molecular complexity index is 312. The van der Waals surface area contributed by atoms with E-state index in [1.165, 1.54) is 6.07 Å². The fraction of sp³-hybridized carbons (Fsp3) is 0.455. The molecule has 5 heteroatoms. The largest absolute Gasteiger partial charge is 0.355 e. The van der Waals surface area contributed by atoms with Crippen LogP contribution in [0.2, 0.25) is 5.02 Å². The fourth-order valence-electron chi connectivity index (χ4n) is 1.28. The topological polar surface area (TPSA) is 30.5 Å². The van der Waals surface area contributed by atoms with Gasteiger partial charge in [0.1, 0.15) is 5.82 Å². The minimum atomic E-state index is -0.342. The minimum absolute atomic E-state index is 0.314. The van der Waals surface area contributed by atoms with Crippen LogP contribution in [0.25, 0.3) is 0 Å². The van der Waals surface area contributed by atoms with Crippen molar-refractivity contribution < 1.29 is 13.9 Å². The summed E-state index contributed by atoms with van der Waals surface area (Å²) in [5, 5.41) is 3.43. The van der Waals surface area contributed by atoms with Gasteiger partial charge in [0.15, 0.2) is 6.29 Å². The van der Waals surface area contributed by atoms with Gasteiger partial charge in [-0.2, -0.15) is 0 Å². The smallest absolute Gasteiger partial charge is 0.169 e. The summed E-state index contributed by atoms with van der Waals surface area (Å²) in [5.74, 6) is -0.314. The maximum absolute atomic E-state index is 13.4. The lowest BCUT2D eigenvalue weighted by Crippen LogP contribution is -2.29. The summed E-state index contributed by atoms with van der Waals surface area (Å²) in [6.45, 7) is 0.812. The molecule has 90 valence electrons. The van der Waals surface area contributed by atoms with E-state index in [1.54, 1.807) is 26.4 Å². The number of methoxy groups -OCH3 is 2. The third kappa shape index (κ3) is 3.72. The first-order valence-electron chi connectivity index (χ1n) is 4.88. The Hall–Kier alpha value is -0.680. The predicted molar refractivity (Wildman–Crippen MR) is 60.9 cm³/mol. The third-order valence-electron chi connectivity index (χ3n) is 2.20. The van der Waals surface area contributed by atoms with Crippen LogP contribution in [0.15, 0.2) is 18.2 Å². The third-order valence-corrected chi connectivity index (χ3v) is 2.55. The first kappa shape index (κ1) is 13.4. The lowest BCUT2D eigenvalue weighted by atomic mass is 10.2. The van der Waals surface area contributed by atoms with E-state index in [4.69, 9.17) is 21.1 Å². The molecule has 0 aliphatic carbocycles. The molecule has 0 aromatic heterocycles. The molecule has 0 heterocycles. The molecule has 0 unspecified atom stereocenters. The summed E-state index contributed by atoms with van der Waals surface area (Å²) < 4.78 is 23.3. The van der Waals surface area contributed by atoms with E-state index in [1.807, 2.05) is 0 Å². The molecule has 0 amide bonds. The Kier molecular flexibility index (Phi) is 5.69. The summed E-state index contributed by atoms with van der Waals surface area (Å²) in [6.07, 6.45) is -0.342. The standard InChI is InChI=1S/C11H15ClFNO2/c1-15-11(16-2)7-14-6-8-9(12)4-3-5-10(8)13/h3-5,11,14H,6-7H2,1-2H3. The summed E-state index contributed by atoms with van der Waals surface area (Å²) in [6, 6.07) is 4.62. The highest BCUT2D eigenvalue weighted by Gasteiger charge is 2.08. The van der Waals surface area contributed by atoms with Gasteiger partial charge in [0.2, 0.25) is 0 Å². The maximum atomic E-state index is 13.4. The van der Waals surface area contributed by atoms with E-state index in [-0.39, 0.29) is 12.1 Å². The summed E-state index contributed by atoms with van der Waals surface area (Å²) in [4.78, 5) is 0. The molecule has 1 N–H and O–H groups in total.